The molecular formula is C11H18F2. The van der Waals surface area contributed by atoms with Crippen LogP contribution in [0.2, 0.25) is 0 Å². The summed E-state index contributed by atoms with van der Waals surface area (Å²) in [7, 11) is 0. The van der Waals surface area contributed by atoms with Crippen LogP contribution in [0, 0.1) is 29.6 Å². The Bertz CT molecular complexity index is 210. The van der Waals surface area contributed by atoms with Crippen molar-refractivity contribution < 1.29 is 8.78 Å². The zero-order valence-electron chi connectivity index (χ0n) is 8.56. The summed E-state index contributed by atoms with van der Waals surface area (Å²) in [5, 5.41) is 0. The van der Waals surface area contributed by atoms with Gasteiger partial charge in [0.05, 0.1) is 0 Å². The van der Waals surface area contributed by atoms with E-state index in [1.807, 2.05) is 0 Å². The van der Waals surface area contributed by atoms with Gasteiger partial charge in [0.15, 0.2) is 0 Å². The van der Waals surface area contributed by atoms with Crippen LogP contribution in [-0.4, -0.2) is 5.92 Å². The van der Waals surface area contributed by atoms with Crippen molar-refractivity contribution in [3.05, 3.63) is 0 Å². The Morgan fingerprint density at radius 3 is 2.46 bits per heavy atom. The highest BCUT2D eigenvalue weighted by molar-refractivity contribution is 5.14. The van der Waals surface area contributed by atoms with E-state index in [-0.39, 0.29) is 11.8 Å². The lowest BCUT2D eigenvalue weighted by Gasteiger charge is -2.22. The van der Waals surface area contributed by atoms with Gasteiger partial charge in [-0.15, -0.1) is 0 Å². The van der Waals surface area contributed by atoms with Crippen LogP contribution < -0.4 is 0 Å². The minimum Gasteiger partial charge on any atom is -0.206 e. The zero-order chi connectivity index (χ0) is 9.80. The van der Waals surface area contributed by atoms with Crippen molar-refractivity contribution in [2.45, 2.75) is 39.5 Å². The first kappa shape index (κ1) is 9.42. The van der Waals surface area contributed by atoms with Crippen LogP contribution in [-0.2, 0) is 0 Å². The molecule has 0 aromatic carbocycles. The summed E-state index contributed by atoms with van der Waals surface area (Å²) in [6.07, 6.45) is 1.74. The highest BCUT2D eigenvalue weighted by Gasteiger charge is 2.74. The normalized spacial score (nSPS) is 46.6. The van der Waals surface area contributed by atoms with Gasteiger partial charge < -0.3 is 0 Å². The Morgan fingerprint density at radius 1 is 1.38 bits per heavy atom. The summed E-state index contributed by atoms with van der Waals surface area (Å²) in [4.78, 5) is 0. The topological polar surface area (TPSA) is 0 Å². The van der Waals surface area contributed by atoms with Gasteiger partial charge in [0.25, 0.3) is 5.92 Å². The second kappa shape index (κ2) is 2.68. The van der Waals surface area contributed by atoms with Gasteiger partial charge in [0, 0.05) is 11.8 Å². The maximum Gasteiger partial charge on any atom is 0.254 e. The number of alkyl halides is 2. The van der Waals surface area contributed by atoms with Crippen molar-refractivity contribution in [2.24, 2.45) is 29.6 Å². The lowest BCUT2D eigenvalue weighted by molar-refractivity contribution is 0.0436. The summed E-state index contributed by atoms with van der Waals surface area (Å²) in [6, 6.07) is 0. The summed E-state index contributed by atoms with van der Waals surface area (Å²) >= 11 is 0. The van der Waals surface area contributed by atoms with E-state index in [0.29, 0.717) is 17.8 Å². The van der Waals surface area contributed by atoms with Crippen LogP contribution >= 0.6 is 0 Å². The first-order chi connectivity index (χ1) is 5.94. The quantitative estimate of drug-likeness (QED) is 0.621. The standard InChI is InChI=1S/C11H18F2/c1-6(2)4-8-7(3)5-9-10(8)11(9,12)13/h6-10H,4-5H2,1-3H3. The summed E-state index contributed by atoms with van der Waals surface area (Å²) in [6.45, 7) is 6.39. The molecule has 0 aromatic heterocycles. The third kappa shape index (κ3) is 1.29. The van der Waals surface area contributed by atoms with E-state index in [9.17, 15) is 8.78 Å². The van der Waals surface area contributed by atoms with Gasteiger partial charge in [-0.3, -0.25) is 0 Å². The van der Waals surface area contributed by atoms with Crippen molar-refractivity contribution in [3.63, 3.8) is 0 Å². The minimum atomic E-state index is -2.30. The van der Waals surface area contributed by atoms with Crippen LogP contribution in [0.15, 0.2) is 0 Å². The van der Waals surface area contributed by atoms with Gasteiger partial charge in [-0.1, -0.05) is 20.8 Å². The molecule has 0 nitrogen and oxygen atoms in total. The third-order valence-electron chi connectivity index (χ3n) is 3.82. The Hall–Kier alpha value is -0.140. The molecule has 0 spiro atoms. The number of hydrogen-bond donors (Lipinski definition) is 0. The van der Waals surface area contributed by atoms with E-state index in [0.717, 1.165) is 12.8 Å². The molecule has 0 heterocycles. The molecule has 2 rings (SSSR count). The molecule has 0 saturated heterocycles. The van der Waals surface area contributed by atoms with E-state index in [1.54, 1.807) is 0 Å². The molecule has 0 aliphatic heterocycles. The van der Waals surface area contributed by atoms with Crippen LogP contribution in [0.3, 0.4) is 0 Å². The molecule has 0 bridgehead atoms. The fourth-order valence-corrected chi connectivity index (χ4v) is 3.16. The molecule has 13 heavy (non-hydrogen) atoms. The number of fused-ring (bicyclic) bond motifs is 1. The smallest absolute Gasteiger partial charge is 0.206 e. The van der Waals surface area contributed by atoms with Gasteiger partial charge in [-0.05, 0) is 30.6 Å². The predicted octanol–water partition coefficient (Wildman–Crippen LogP) is 3.57. The van der Waals surface area contributed by atoms with Crippen molar-refractivity contribution in [1.29, 1.82) is 0 Å². The van der Waals surface area contributed by atoms with Crippen LogP contribution in [0.4, 0.5) is 8.78 Å². The second-order valence-corrected chi connectivity index (χ2v) is 5.31. The third-order valence-corrected chi connectivity index (χ3v) is 3.82. The largest absolute Gasteiger partial charge is 0.254 e. The minimum absolute atomic E-state index is 0.258. The maximum atomic E-state index is 13.1. The van der Waals surface area contributed by atoms with E-state index in [1.165, 1.54) is 0 Å². The Labute approximate surface area is 78.7 Å². The predicted molar refractivity (Wildman–Crippen MR) is 48.7 cm³/mol. The first-order valence-corrected chi connectivity index (χ1v) is 5.32. The number of hydrogen-bond acceptors (Lipinski definition) is 0. The molecule has 0 N–H and O–H groups in total. The highest BCUT2D eigenvalue weighted by Crippen LogP contribution is 2.69. The lowest BCUT2D eigenvalue weighted by Crippen LogP contribution is -2.18. The molecule has 2 saturated carbocycles. The van der Waals surface area contributed by atoms with Crippen molar-refractivity contribution in [2.75, 3.05) is 0 Å². The van der Waals surface area contributed by atoms with Crippen molar-refractivity contribution in [3.8, 4) is 0 Å². The van der Waals surface area contributed by atoms with Crippen LogP contribution in [0.5, 0.6) is 0 Å². The zero-order valence-corrected chi connectivity index (χ0v) is 8.56. The monoisotopic (exact) mass is 188 g/mol. The molecule has 0 aromatic rings. The fraction of sp³-hybridized carbons (Fsp3) is 1.00. The molecule has 2 fully saturated rings. The molecule has 4 atom stereocenters. The average molecular weight is 188 g/mol. The molecule has 76 valence electrons. The first-order valence-electron chi connectivity index (χ1n) is 5.32. The summed E-state index contributed by atoms with van der Waals surface area (Å²) in [5.41, 5.74) is 0. The van der Waals surface area contributed by atoms with E-state index >= 15 is 0 Å². The van der Waals surface area contributed by atoms with Crippen molar-refractivity contribution in [1.82, 2.24) is 0 Å². The molecule has 2 heteroatoms. The van der Waals surface area contributed by atoms with Crippen LogP contribution in [0.25, 0.3) is 0 Å². The van der Waals surface area contributed by atoms with Gasteiger partial charge in [-0.25, -0.2) is 8.78 Å². The highest BCUT2D eigenvalue weighted by atomic mass is 19.3. The van der Waals surface area contributed by atoms with E-state index in [4.69, 9.17) is 0 Å². The fourth-order valence-electron chi connectivity index (χ4n) is 3.16. The molecular weight excluding hydrogens is 170 g/mol. The van der Waals surface area contributed by atoms with Crippen molar-refractivity contribution >= 4 is 0 Å². The summed E-state index contributed by atoms with van der Waals surface area (Å²) < 4.78 is 26.2. The van der Waals surface area contributed by atoms with Gasteiger partial charge in [0.2, 0.25) is 0 Å². The number of rotatable bonds is 2. The number of halogens is 2. The maximum absolute atomic E-state index is 13.1. The molecule has 0 radical (unpaired) electrons. The second-order valence-electron chi connectivity index (χ2n) is 5.31. The Balaban J connectivity index is 2.02. The lowest BCUT2D eigenvalue weighted by atomic mass is 9.85. The SMILES string of the molecule is CC(C)CC1C(C)CC2C1C2(F)F. The molecule has 0 amide bonds. The Kier molecular flexibility index (Phi) is 1.94. The summed E-state index contributed by atoms with van der Waals surface area (Å²) in [5.74, 6) is -1.44. The van der Waals surface area contributed by atoms with Gasteiger partial charge >= 0.3 is 0 Å². The average Bonchev–Trinajstić information content (AvgIpc) is 2.36. The van der Waals surface area contributed by atoms with E-state index < -0.39 is 5.92 Å². The van der Waals surface area contributed by atoms with E-state index in [2.05, 4.69) is 20.8 Å². The molecule has 2 aliphatic carbocycles. The van der Waals surface area contributed by atoms with Gasteiger partial charge in [-0.2, -0.15) is 0 Å². The molecule has 4 unspecified atom stereocenters. The Morgan fingerprint density at radius 2 is 2.00 bits per heavy atom. The molecule has 2 aliphatic rings. The van der Waals surface area contributed by atoms with Gasteiger partial charge in [0.1, 0.15) is 0 Å². The van der Waals surface area contributed by atoms with Crippen LogP contribution in [0.1, 0.15) is 33.6 Å².